The Balaban J connectivity index is 2.13. The van der Waals surface area contributed by atoms with Crippen molar-refractivity contribution in [3.05, 3.63) is 33.8 Å². The molecular formula is C14H16BrF2NO. The van der Waals surface area contributed by atoms with E-state index in [1.807, 2.05) is 0 Å². The van der Waals surface area contributed by atoms with E-state index in [0.29, 0.717) is 6.42 Å². The number of carbonyl (C=O) groups is 1. The summed E-state index contributed by atoms with van der Waals surface area (Å²) in [6.45, 7) is 0. The number of carbonyl (C=O) groups excluding carboxylic acids is 1. The third-order valence-corrected chi connectivity index (χ3v) is 4.27. The molecule has 0 radical (unpaired) electrons. The van der Waals surface area contributed by atoms with Crippen LogP contribution >= 0.6 is 15.9 Å². The number of halogens is 3. The van der Waals surface area contributed by atoms with E-state index in [1.54, 1.807) is 0 Å². The number of hydrogen-bond donors (Lipinski definition) is 1. The van der Waals surface area contributed by atoms with E-state index in [9.17, 15) is 13.6 Å². The van der Waals surface area contributed by atoms with Gasteiger partial charge in [0.1, 0.15) is 17.4 Å². The van der Waals surface area contributed by atoms with Crippen molar-refractivity contribution in [2.24, 2.45) is 11.7 Å². The van der Waals surface area contributed by atoms with E-state index in [1.165, 1.54) is 12.1 Å². The number of nitrogens with two attached hydrogens (primary N) is 1. The van der Waals surface area contributed by atoms with E-state index in [4.69, 9.17) is 5.73 Å². The van der Waals surface area contributed by atoms with Crippen LogP contribution in [0.5, 0.6) is 0 Å². The Bertz CT molecular complexity index is 493. The molecule has 0 spiro atoms. The van der Waals surface area contributed by atoms with Crippen molar-refractivity contribution in [2.75, 3.05) is 0 Å². The van der Waals surface area contributed by atoms with Crippen LogP contribution in [0.1, 0.15) is 31.2 Å². The minimum absolute atomic E-state index is 0.0277. The average molecular weight is 332 g/mol. The molecular weight excluding hydrogens is 316 g/mol. The second-order valence-electron chi connectivity index (χ2n) is 5.09. The van der Waals surface area contributed by atoms with Crippen molar-refractivity contribution in [1.82, 2.24) is 0 Å². The first-order valence-electron chi connectivity index (χ1n) is 6.39. The third kappa shape index (κ3) is 3.39. The molecule has 0 heterocycles. The number of Topliss-reactive ketones (excluding diaryl/α,β-unsaturated/α-hetero) is 1. The Kier molecular flexibility index (Phi) is 4.68. The predicted molar refractivity (Wildman–Crippen MR) is 72.7 cm³/mol. The molecule has 0 aliphatic heterocycles. The summed E-state index contributed by atoms with van der Waals surface area (Å²) in [5.41, 5.74) is 5.68. The Hall–Kier alpha value is -0.810. The second kappa shape index (κ2) is 6.09. The fourth-order valence-corrected chi connectivity index (χ4v) is 2.94. The number of hydrogen-bond acceptors (Lipinski definition) is 2. The standard InChI is InChI=1S/C14H16BrF2NO/c15-11-4-5-12(16)10(14(11)17)7-13(19)8-2-1-3-9(18)6-8/h4-5,8-9H,1-3,6-7,18H2. The van der Waals surface area contributed by atoms with Gasteiger partial charge in [-0.25, -0.2) is 8.78 Å². The summed E-state index contributed by atoms with van der Waals surface area (Å²) in [7, 11) is 0. The molecule has 2 nitrogen and oxygen atoms in total. The van der Waals surface area contributed by atoms with Gasteiger partial charge in [-0.1, -0.05) is 6.42 Å². The minimum atomic E-state index is -0.687. The van der Waals surface area contributed by atoms with Crippen molar-refractivity contribution in [3.8, 4) is 0 Å². The van der Waals surface area contributed by atoms with Crippen LogP contribution in [0.15, 0.2) is 16.6 Å². The molecule has 1 saturated carbocycles. The summed E-state index contributed by atoms with van der Waals surface area (Å²) in [6.07, 6.45) is 3.01. The predicted octanol–water partition coefficient (Wildman–Crippen LogP) is 3.36. The molecule has 1 aliphatic carbocycles. The van der Waals surface area contributed by atoms with E-state index >= 15 is 0 Å². The summed E-state index contributed by atoms with van der Waals surface area (Å²) in [5.74, 6) is -1.64. The van der Waals surface area contributed by atoms with Crippen molar-refractivity contribution >= 4 is 21.7 Å². The van der Waals surface area contributed by atoms with Gasteiger partial charge in [0.15, 0.2) is 0 Å². The maximum absolute atomic E-state index is 13.8. The lowest BCUT2D eigenvalue weighted by atomic mass is 9.82. The van der Waals surface area contributed by atoms with Gasteiger partial charge in [0, 0.05) is 23.9 Å². The molecule has 2 N–H and O–H groups in total. The van der Waals surface area contributed by atoms with Crippen LogP contribution in [0, 0.1) is 17.6 Å². The van der Waals surface area contributed by atoms with Crippen LogP contribution in [-0.4, -0.2) is 11.8 Å². The lowest BCUT2D eigenvalue weighted by molar-refractivity contribution is -0.123. The van der Waals surface area contributed by atoms with Crippen LogP contribution < -0.4 is 5.73 Å². The van der Waals surface area contributed by atoms with Crippen LogP contribution in [0.2, 0.25) is 0 Å². The second-order valence-corrected chi connectivity index (χ2v) is 5.94. The summed E-state index contributed by atoms with van der Waals surface area (Å²) >= 11 is 3.00. The lowest BCUT2D eigenvalue weighted by Crippen LogP contribution is -2.32. The summed E-state index contributed by atoms with van der Waals surface area (Å²) in [6, 6.07) is 2.50. The summed E-state index contributed by atoms with van der Waals surface area (Å²) in [5, 5.41) is 0. The first-order chi connectivity index (χ1) is 8.99. The Morgan fingerprint density at radius 1 is 1.37 bits per heavy atom. The maximum atomic E-state index is 13.8. The Labute approximate surface area is 119 Å². The molecule has 1 aromatic rings. The zero-order valence-corrected chi connectivity index (χ0v) is 12.1. The van der Waals surface area contributed by atoms with E-state index in [0.717, 1.165) is 19.3 Å². The summed E-state index contributed by atoms with van der Waals surface area (Å²) in [4.78, 5) is 12.1. The smallest absolute Gasteiger partial charge is 0.143 e. The number of ketones is 1. The zero-order chi connectivity index (χ0) is 14.0. The molecule has 1 aromatic carbocycles. The highest BCUT2D eigenvalue weighted by molar-refractivity contribution is 9.10. The monoisotopic (exact) mass is 331 g/mol. The fraction of sp³-hybridized carbons (Fsp3) is 0.500. The van der Waals surface area contributed by atoms with Gasteiger partial charge in [-0.15, -0.1) is 0 Å². The normalized spacial score (nSPS) is 23.4. The van der Waals surface area contributed by atoms with Gasteiger partial charge in [0.05, 0.1) is 4.47 Å². The van der Waals surface area contributed by atoms with Gasteiger partial charge in [-0.05, 0) is 47.3 Å². The maximum Gasteiger partial charge on any atom is 0.143 e. The SMILES string of the molecule is NC1CCCC(C(=O)Cc2c(F)ccc(Br)c2F)C1. The van der Waals surface area contributed by atoms with Crippen LogP contribution in [-0.2, 0) is 11.2 Å². The molecule has 1 aliphatic rings. The fourth-order valence-electron chi connectivity index (χ4n) is 2.57. The van der Waals surface area contributed by atoms with Gasteiger partial charge in [0.25, 0.3) is 0 Å². The highest BCUT2D eigenvalue weighted by atomic mass is 79.9. The van der Waals surface area contributed by atoms with Crippen LogP contribution in [0.25, 0.3) is 0 Å². The topological polar surface area (TPSA) is 43.1 Å². The molecule has 0 amide bonds. The average Bonchev–Trinajstić information content (AvgIpc) is 2.39. The molecule has 104 valence electrons. The highest BCUT2D eigenvalue weighted by Gasteiger charge is 2.27. The van der Waals surface area contributed by atoms with Gasteiger partial charge >= 0.3 is 0 Å². The van der Waals surface area contributed by atoms with E-state index in [2.05, 4.69) is 15.9 Å². The van der Waals surface area contributed by atoms with Crippen molar-refractivity contribution in [1.29, 1.82) is 0 Å². The van der Waals surface area contributed by atoms with Gasteiger partial charge in [-0.2, -0.15) is 0 Å². The molecule has 5 heteroatoms. The largest absolute Gasteiger partial charge is 0.328 e. The molecule has 2 unspecified atom stereocenters. The first kappa shape index (κ1) is 14.6. The van der Waals surface area contributed by atoms with E-state index < -0.39 is 11.6 Å². The number of rotatable bonds is 3. The molecule has 2 rings (SSSR count). The van der Waals surface area contributed by atoms with Crippen molar-refractivity contribution in [2.45, 2.75) is 38.1 Å². The quantitative estimate of drug-likeness (QED) is 0.863. The van der Waals surface area contributed by atoms with Crippen LogP contribution in [0.3, 0.4) is 0 Å². The molecule has 0 bridgehead atoms. The molecule has 2 atom stereocenters. The molecule has 0 aromatic heterocycles. The van der Waals surface area contributed by atoms with Crippen molar-refractivity contribution in [3.63, 3.8) is 0 Å². The van der Waals surface area contributed by atoms with Gasteiger partial charge in [-0.3, -0.25) is 4.79 Å². The molecule has 0 saturated heterocycles. The zero-order valence-electron chi connectivity index (χ0n) is 10.5. The van der Waals surface area contributed by atoms with Gasteiger partial charge < -0.3 is 5.73 Å². The molecule has 19 heavy (non-hydrogen) atoms. The first-order valence-corrected chi connectivity index (χ1v) is 7.19. The minimum Gasteiger partial charge on any atom is -0.328 e. The molecule has 1 fully saturated rings. The van der Waals surface area contributed by atoms with E-state index in [-0.39, 0.29) is 34.2 Å². The Morgan fingerprint density at radius 2 is 2.11 bits per heavy atom. The lowest BCUT2D eigenvalue weighted by Gasteiger charge is -2.25. The third-order valence-electron chi connectivity index (χ3n) is 3.66. The van der Waals surface area contributed by atoms with Gasteiger partial charge in [0.2, 0.25) is 0 Å². The highest BCUT2D eigenvalue weighted by Crippen LogP contribution is 2.27. The van der Waals surface area contributed by atoms with Crippen LogP contribution in [0.4, 0.5) is 8.78 Å². The van der Waals surface area contributed by atoms with Crippen molar-refractivity contribution < 1.29 is 13.6 Å². The number of benzene rings is 1. The Morgan fingerprint density at radius 3 is 2.79 bits per heavy atom. The summed E-state index contributed by atoms with van der Waals surface area (Å²) < 4.78 is 27.6.